The van der Waals surface area contributed by atoms with E-state index in [2.05, 4.69) is 4.98 Å². The van der Waals surface area contributed by atoms with E-state index in [1.54, 1.807) is 0 Å². The average Bonchev–Trinajstić information content (AvgIpc) is 2.50. The molecule has 0 aliphatic rings. The second-order valence-corrected chi connectivity index (χ2v) is 6.11. The maximum atomic E-state index is 12.8. The molecule has 0 atom stereocenters. The van der Waals surface area contributed by atoms with E-state index in [4.69, 9.17) is 62.7 Å². The molecule has 0 saturated heterocycles. The average molecular weight is 425 g/mol. The van der Waals surface area contributed by atoms with Gasteiger partial charge in [0.15, 0.2) is 0 Å². The Balaban J connectivity index is 2.78. The molecule has 10 heteroatoms. The zero-order valence-corrected chi connectivity index (χ0v) is 14.8. The molecule has 0 aliphatic carbocycles. The molecular weight excluding hydrogens is 420 g/mol. The van der Waals surface area contributed by atoms with Crippen molar-refractivity contribution in [2.24, 2.45) is 0 Å². The topological polar surface area (TPSA) is 22.1 Å². The lowest BCUT2D eigenvalue weighted by molar-refractivity contribution is -0.137. The van der Waals surface area contributed by atoms with E-state index in [-0.39, 0.29) is 42.1 Å². The van der Waals surface area contributed by atoms with Gasteiger partial charge in [-0.15, -0.1) is 0 Å². The number of rotatable bonds is 2. The van der Waals surface area contributed by atoms with Gasteiger partial charge >= 0.3 is 6.18 Å². The van der Waals surface area contributed by atoms with Crippen LogP contribution in [0.2, 0.25) is 25.1 Å². The molecule has 1 aromatic heterocycles. The van der Waals surface area contributed by atoms with E-state index < -0.39 is 11.7 Å². The SMILES string of the molecule is COc1cc(C(F)(F)F)cnc1-c1c(Cl)c(Cl)c(Cl)c(Cl)c1Cl. The lowest BCUT2D eigenvalue weighted by Crippen LogP contribution is -2.07. The molecule has 1 aromatic carbocycles. The lowest BCUT2D eigenvalue weighted by atomic mass is 10.1. The highest BCUT2D eigenvalue weighted by Crippen LogP contribution is 2.49. The molecule has 0 aliphatic heterocycles. The molecule has 0 saturated carbocycles. The van der Waals surface area contributed by atoms with Crippen LogP contribution >= 0.6 is 58.0 Å². The van der Waals surface area contributed by atoms with Gasteiger partial charge < -0.3 is 4.74 Å². The number of hydrogen-bond donors (Lipinski definition) is 0. The van der Waals surface area contributed by atoms with Crippen LogP contribution in [-0.2, 0) is 6.18 Å². The maximum absolute atomic E-state index is 12.8. The first-order chi connectivity index (χ1) is 10.6. The fourth-order valence-electron chi connectivity index (χ4n) is 1.76. The maximum Gasteiger partial charge on any atom is 0.418 e. The van der Waals surface area contributed by atoms with Gasteiger partial charge in [0, 0.05) is 11.8 Å². The quantitative estimate of drug-likeness (QED) is 0.380. The van der Waals surface area contributed by atoms with Gasteiger partial charge in [0.25, 0.3) is 0 Å². The molecule has 2 nitrogen and oxygen atoms in total. The van der Waals surface area contributed by atoms with E-state index in [9.17, 15) is 13.2 Å². The molecule has 0 spiro atoms. The second-order valence-electron chi connectivity index (χ2n) is 4.22. The zero-order valence-electron chi connectivity index (χ0n) is 11.0. The first-order valence-corrected chi connectivity index (χ1v) is 7.61. The van der Waals surface area contributed by atoms with E-state index in [1.807, 2.05) is 0 Å². The zero-order chi connectivity index (χ0) is 17.5. The number of aromatic nitrogens is 1. The van der Waals surface area contributed by atoms with Gasteiger partial charge in [0.2, 0.25) is 0 Å². The molecule has 23 heavy (non-hydrogen) atoms. The van der Waals surface area contributed by atoms with E-state index >= 15 is 0 Å². The number of ether oxygens (including phenoxy) is 1. The Morgan fingerprint density at radius 3 is 1.83 bits per heavy atom. The number of methoxy groups -OCH3 is 1. The summed E-state index contributed by atoms with van der Waals surface area (Å²) >= 11 is 30.0. The van der Waals surface area contributed by atoms with Crippen molar-refractivity contribution >= 4 is 58.0 Å². The van der Waals surface area contributed by atoms with Gasteiger partial charge in [-0.25, -0.2) is 0 Å². The summed E-state index contributed by atoms with van der Waals surface area (Å²) in [4.78, 5) is 3.75. The van der Waals surface area contributed by atoms with E-state index in [0.29, 0.717) is 6.20 Å². The van der Waals surface area contributed by atoms with Gasteiger partial charge in [-0.05, 0) is 6.07 Å². The predicted molar refractivity (Wildman–Crippen MR) is 86.3 cm³/mol. The van der Waals surface area contributed by atoms with Gasteiger partial charge in [-0.3, -0.25) is 4.98 Å². The number of pyridine rings is 1. The molecule has 2 rings (SSSR count). The molecular formula is C13H5Cl5F3NO. The number of alkyl halides is 3. The van der Waals surface area contributed by atoms with Crippen LogP contribution < -0.4 is 4.74 Å². The van der Waals surface area contributed by atoms with Crippen molar-refractivity contribution in [2.45, 2.75) is 6.18 Å². The van der Waals surface area contributed by atoms with Crippen LogP contribution in [0.4, 0.5) is 13.2 Å². The lowest BCUT2D eigenvalue weighted by Gasteiger charge is -2.16. The van der Waals surface area contributed by atoms with Gasteiger partial charge in [0.1, 0.15) is 11.4 Å². The van der Waals surface area contributed by atoms with Crippen LogP contribution in [-0.4, -0.2) is 12.1 Å². The van der Waals surface area contributed by atoms with Crippen molar-refractivity contribution < 1.29 is 17.9 Å². The third-order valence-corrected chi connectivity index (χ3v) is 5.12. The van der Waals surface area contributed by atoms with E-state index in [1.165, 1.54) is 7.11 Å². The van der Waals surface area contributed by atoms with Crippen LogP contribution in [0.1, 0.15) is 5.56 Å². The van der Waals surface area contributed by atoms with Crippen molar-refractivity contribution in [3.8, 4) is 17.0 Å². The van der Waals surface area contributed by atoms with Gasteiger partial charge in [-0.1, -0.05) is 58.0 Å². The number of halogens is 8. The minimum absolute atomic E-state index is 0.0262. The fourth-order valence-corrected chi connectivity index (χ4v) is 3.07. The Bertz CT molecular complexity index is 750. The standard InChI is InChI=1S/C13H5Cl5F3NO/c1-23-5-2-4(13(19,20)21)3-22-12(5)6-7(14)9(16)11(18)10(17)8(6)15/h2-3H,1H3. The summed E-state index contributed by atoms with van der Waals surface area (Å²) in [6.07, 6.45) is -3.96. The Kier molecular flexibility index (Phi) is 5.48. The van der Waals surface area contributed by atoms with Crippen LogP contribution in [0.5, 0.6) is 5.75 Å². The Morgan fingerprint density at radius 2 is 1.39 bits per heavy atom. The molecule has 0 N–H and O–H groups in total. The first kappa shape index (κ1) is 18.7. The summed E-state index contributed by atoms with van der Waals surface area (Å²) in [5, 5.41) is -0.464. The summed E-state index contributed by atoms with van der Waals surface area (Å²) in [6, 6.07) is 0.769. The molecule has 0 fully saturated rings. The second kappa shape index (κ2) is 6.73. The Morgan fingerprint density at radius 1 is 0.913 bits per heavy atom. The summed E-state index contributed by atoms with van der Waals surface area (Å²) in [5.74, 6) is -0.196. The van der Waals surface area contributed by atoms with Crippen molar-refractivity contribution in [1.29, 1.82) is 0 Å². The molecule has 0 bridgehead atoms. The largest absolute Gasteiger partial charge is 0.494 e. The minimum atomic E-state index is -4.58. The van der Waals surface area contributed by atoms with Crippen LogP contribution in [0.15, 0.2) is 12.3 Å². The van der Waals surface area contributed by atoms with Crippen LogP contribution in [0.3, 0.4) is 0 Å². The minimum Gasteiger partial charge on any atom is -0.494 e. The third-order valence-electron chi connectivity index (χ3n) is 2.85. The summed E-state index contributed by atoms with van der Waals surface area (Å²) in [5.41, 5.74) is -1.01. The Labute approximate surface area is 154 Å². The van der Waals surface area contributed by atoms with Crippen molar-refractivity contribution in [3.63, 3.8) is 0 Å². The van der Waals surface area contributed by atoms with Crippen molar-refractivity contribution in [3.05, 3.63) is 42.9 Å². The molecule has 2 aromatic rings. The van der Waals surface area contributed by atoms with E-state index in [0.717, 1.165) is 6.07 Å². The van der Waals surface area contributed by atoms with Gasteiger partial charge in [0.05, 0.1) is 37.8 Å². The van der Waals surface area contributed by atoms with Crippen molar-refractivity contribution in [1.82, 2.24) is 4.98 Å². The molecule has 124 valence electrons. The van der Waals surface area contributed by atoms with Crippen molar-refractivity contribution in [2.75, 3.05) is 7.11 Å². The van der Waals surface area contributed by atoms with Gasteiger partial charge in [-0.2, -0.15) is 13.2 Å². The highest BCUT2D eigenvalue weighted by molar-refractivity contribution is 6.56. The first-order valence-electron chi connectivity index (χ1n) is 5.72. The molecule has 1 heterocycles. The summed E-state index contributed by atoms with van der Waals surface area (Å²) < 4.78 is 43.3. The normalized spacial score (nSPS) is 11.7. The molecule has 0 radical (unpaired) electrons. The molecule has 0 unspecified atom stereocenters. The monoisotopic (exact) mass is 423 g/mol. The summed E-state index contributed by atoms with van der Waals surface area (Å²) in [6.45, 7) is 0. The predicted octanol–water partition coefficient (Wildman–Crippen LogP) is 7.04. The number of nitrogens with zero attached hydrogens (tertiary/aromatic N) is 1. The smallest absolute Gasteiger partial charge is 0.418 e. The third kappa shape index (κ3) is 3.44. The number of hydrogen-bond acceptors (Lipinski definition) is 2. The highest BCUT2D eigenvalue weighted by atomic mass is 35.5. The number of benzene rings is 1. The molecule has 0 amide bonds. The fraction of sp³-hybridized carbons (Fsp3) is 0.154. The van der Waals surface area contributed by atoms with Crippen LogP contribution in [0, 0.1) is 0 Å². The highest BCUT2D eigenvalue weighted by Gasteiger charge is 2.33. The Hall–Kier alpha value is -0.590. The summed E-state index contributed by atoms with van der Waals surface area (Å²) in [7, 11) is 1.18. The van der Waals surface area contributed by atoms with Crippen LogP contribution in [0.25, 0.3) is 11.3 Å².